The van der Waals surface area contributed by atoms with Crippen molar-refractivity contribution in [2.24, 2.45) is 5.92 Å². The zero-order chi connectivity index (χ0) is 30.1. The minimum atomic E-state index is -4.29. The van der Waals surface area contributed by atoms with E-state index in [0.29, 0.717) is 23.0 Å². The van der Waals surface area contributed by atoms with E-state index in [1.165, 1.54) is 13.3 Å². The summed E-state index contributed by atoms with van der Waals surface area (Å²) in [5.41, 5.74) is 6.91. The average Bonchev–Trinajstić information content (AvgIpc) is 3.45. The van der Waals surface area contributed by atoms with Gasteiger partial charge in [0.05, 0.1) is 12.4 Å². The molecule has 15 heteroatoms. The molecule has 0 amide bonds. The highest BCUT2D eigenvalue weighted by atomic mass is 31.2. The number of carbonyl (C=O) groups excluding carboxylic acids is 1. The van der Waals surface area contributed by atoms with E-state index in [2.05, 4.69) is 25.4 Å². The quantitative estimate of drug-likeness (QED) is 0.192. The Bertz CT molecular complexity index is 1460. The molecule has 1 saturated heterocycles. The first kappa shape index (κ1) is 30.1. The van der Waals surface area contributed by atoms with Crippen LogP contribution in [0, 0.1) is 5.92 Å². The molecular formula is C27H37FN7O6P. The molecule has 228 valence electrons. The summed E-state index contributed by atoms with van der Waals surface area (Å²) in [5, 5.41) is 5.92. The van der Waals surface area contributed by atoms with E-state index in [9.17, 15) is 9.36 Å². The zero-order valence-corrected chi connectivity index (χ0v) is 24.9. The van der Waals surface area contributed by atoms with Crippen LogP contribution in [-0.4, -0.2) is 56.1 Å². The largest absolute Gasteiger partial charge is 0.462 e. The van der Waals surface area contributed by atoms with E-state index in [1.54, 1.807) is 48.7 Å². The molecule has 0 bridgehead atoms. The van der Waals surface area contributed by atoms with E-state index in [1.807, 2.05) is 6.92 Å². The van der Waals surface area contributed by atoms with Gasteiger partial charge >= 0.3 is 13.7 Å². The Hall–Kier alpha value is -3.32. The fraction of sp³-hybridized carbons (Fsp3) is 0.556. The van der Waals surface area contributed by atoms with Crippen molar-refractivity contribution in [3.8, 4) is 5.75 Å². The minimum absolute atomic E-state index is 0.0572. The van der Waals surface area contributed by atoms with Crippen LogP contribution in [0.1, 0.15) is 59.6 Å². The fourth-order valence-electron chi connectivity index (χ4n) is 4.87. The van der Waals surface area contributed by atoms with Crippen LogP contribution in [0.2, 0.25) is 0 Å². The number of hydrogen-bond acceptors (Lipinski definition) is 11. The molecule has 13 nitrogen and oxygen atoms in total. The predicted octanol–water partition coefficient (Wildman–Crippen LogP) is 4.73. The van der Waals surface area contributed by atoms with Gasteiger partial charge in [0, 0.05) is 18.4 Å². The van der Waals surface area contributed by atoms with Crippen molar-refractivity contribution in [1.82, 2.24) is 24.6 Å². The Morgan fingerprint density at radius 2 is 2.00 bits per heavy atom. The summed E-state index contributed by atoms with van der Waals surface area (Å²) in [4.78, 5) is 25.5. The molecule has 1 aromatic carbocycles. The van der Waals surface area contributed by atoms with Crippen LogP contribution in [0.3, 0.4) is 0 Å². The van der Waals surface area contributed by atoms with Crippen molar-refractivity contribution < 1.29 is 32.3 Å². The Morgan fingerprint density at radius 3 is 2.67 bits per heavy atom. The van der Waals surface area contributed by atoms with Crippen LogP contribution in [-0.2, 0) is 23.4 Å². The highest BCUT2D eigenvalue weighted by molar-refractivity contribution is 7.52. The molecule has 0 radical (unpaired) electrons. The molecule has 0 unspecified atom stereocenters. The van der Waals surface area contributed by atoms with E-state index in [-0.39, 0.29) is 30.1 Å². The molecule has 1 aliphatic carbocycles. The molecule has 2 fully saturated rings. The van der Waals surface area contributed by atoms with E-state index in [4.69, 9.17) is 24.3 Å². The standard InChI is InChI=1S/C27H37FN7O6P/c1-16(2)39-25(36)18(4)34-42(37,41-20-11-6-5-7-12-20)38-14-27(28)13-17(3)24(40-27)35-15-30-21-22(31-19-9-8-10-19)32-26(29)33-23(21)35/h5-7,11-12,15-19,24H,8-10,13-14H2,1-4H3,(H,34,37)(H3,29,31,32,33)/t17-,18-,24+,27-,42+/m0/s1. The number of para-hydroxylation sites is 1. The van der Waals surface area contributed by atoms with Crippen molar-refractivity contribution in [2.45, 2.75) is 83.6 Å². The highest BCUT2D eigenvalue weighted by Crippen LogP contribution is 2.49. The van der Waals surface area contributed by atoms with E-state index < -0.39 is 38.4 Å². The number of carbonyl (C=O) groups is 1. The number of nitrogens with one attached hydrogen (secondary N) is 2. The maximum atomic E-state index is 16.2. The molecule has 3 aromatic rings. The first-order valence-electron chi connectivity index (χ1n) is 14.0. The van der Waals surface area contributed by atoms with Crippen molar-refractivity contribution >= 4 is 36.6 Å². The molecule has 5 rings (SSSR count). The molecular weight excluding hydrogens is 568 g/mol. The fourth-order valence-corrected chi connectivity index (χ4v) is 6.39. The molecule has 3 heterocycles. The Balaban J connectivity index is 1.33. The molecule has 1 aliphatic heterocycles. The number of nitrogens with two attached hydrogens (primary N) is 1. The monoisotopic (exact) mass is 605 g/mol. The third-order valence-corrected chi connectivity index (χ3v) is 8.70. The number of anilines is 2. The topological polar surface area (TPSA) is 165 Å². The molecule has 5 atom stereocenters. The van der Waals surface area contributed by atoms with Gasteiger partial charge in [0.2, 0.25) is 11.8 Å². The molecule has 0 spiro atoms. The molecule has 42 heavy (non-hydrogen) atoms. The summed E-state index contributed by atoms with van der Waals surface area (Å²) in [6.07, 6.45) is 3.45. The number of benzene rings is 1. The van der Waals surface area contributed by atoms with Crippen LogP contribution in [0.25, 0.3) is 11.2 Å². The van der Waals surface area contributed by atoms with Crippen LogP contribution < -0.4 is 20.7 Å². The lowest BCUT2D eigenvalue weighted by Gasteiger charge is -2.27. The normalized spacial score (nSPS) is 24.7. The Labute approximate surface area is 243 Å². The lowest BCUT2D eigenvalue weighted by atomic mass is 9.93. The third-order valence-electron chi connectivity index (χ3n) is 7.08. The summed E-state index contributed by atoms with van der Waals surface area (Å²) in [5.74, 6) is -2.56. The van der Waals surface area contributed by atoms with Gasteiger partial charge in [-0.2, -0.15) is 15.1 Å². The van der Waals surface area contributed by atoms with Gasteiger partial charge in [-0.05, 0) is 52.2 Å². The van der Waals surface area contributed by atoms with Gasteiger partial charge in [-0.25, -0.2) is 13.9 Å². The van der Waals surface area contributed by atoms with Crippen LogP contribution in [0.4, 0.5) is 16.2 Å². The van der Waals surface area contributed by atoms with Gasteiger partial charge in [-0.15, -0.1) is 0 Å². The summed E-state index contributed by atoms with van der Waals surface area (Å²) in [6.45, 7) is 5.92. The van der Waals surface area contributed by atoms with Crippen LogP contribution >= 0.6 is 7.75 Å². The van der Waals surface area contributed by atoms with Crippen molar-refractivity contribution in [1.29, 1.82) is 0 Å². The smallest absolute Gasteiger partial charge is 0.459 e. The van der Waals surface area contributed by atoms with Crippen LogP contribution in [0.15, 0.2) is 36.7 Å². The SMILES string of the molecule is CC(C)OC(=O)[C@H](C)N[P@@](=O)(OC[C@]1(F)C[C@H](C)[C@H](n2cnc3c(NC4CCC4)nc(N)nc32)O1)Oc1ccccc1. The second kappa shape index (κ2) is 12.1. The van der Waals surface area contributed by atoms with Gasteiger partial charge in [0.15, 0.2) is 17.0 Å². The number of nitrogen functional groups attached to an aromatic ring is 1. The predicted molar refractivity (Wildman–Crippen MR) is 153 cm³/mol. The summed E-state index contributed by atoms with van der Waals surface area (Å²) < 4.78 is 53.9. The van der Waals surface area contributed by atoms with E-state index >= 15 is 4.39 Å². The van der Waals surface area contributed by atoms with Crippen molar-refractivity contribution in [2.75, 3.05) is 17.7 Å². The first-order valence-corrected chi connectivity index (χ1v) is 15.6. The number of ether oxygens (including phenoxy) is 2. The van der Waals surface area contributed by atoms with Gasteiger partial charge in [-0.1, -0.05) is 25.1 Å². The van der Waals surface area contributed by atoms with Gasteiger partial charge < -0.3 is 25.0 Å². The number of halogens is 1. The second-order valence-electron chi connectivity index (χ2n) is 11.1. The Morgan fingerprint density at radius 1 is 1.26 bits per heavy atom. The number of fused-ring (bicyclic) bond motifs is 1. The second-order valence-corrected chi connectivity index (χ2v) is 12.8. The van der Waals surface area contributed by atoms with Crippen molar-refractivity contribution in [3.63, 3.8) is 0 Å². The summed E-state index contributed by atoms with van der Waals surface area (Å²) in [7, 11) is -4.29. The number of rotatable bonds is 12. The van der Waals surface area contributed by atoms with E-state index in [0.717, 1.165) is 19.3 Å². The number of nitrogens with zero attached hydrogens (tertiary/aromatic N) is 4. The minimum Gasteiger partial charge on any atom is -0.462 e. The number of esters is 1. The number of alkyl halides is 1. The number of imidazole rings is 1. The maximum Gasteiger partial charge on any atom is 0.459 e. The van der Waals surface area contributed by atoms with Gasteiger partial charge in [-0.3, -0.25) is 13.9 Å². The third kappa shape index (κ3) is 6.83. The van der Waals surface area contributed by atoms with Gasteiger partial charge in [0.25, 0.3) is 0 Å². The number of aromatic nitrogens is 4. The summed E-state index contributed by atoms with van der Waals surface area (Å²) in [6, 6.07) is 7.47. The van der Waals surface area contributed by atoms with Gasteiger partial charge in [0.1, 0.15) is 24.6 Å². The lowest BCUT2D eigenvalue weighted by molar-refractivity contribution is -0.173. The average molecular weight is 606 g/mol. The molecule has 2 aromatic heterocycles. The maximum absolute atomic E-state index is 16.2. The molecule has 4 N–H and O–H groups in total. The lowest BCUT2D eigenvalue weighted by Crippen LogP contribution is -2.37. The van der Waals surface area contributed by atoms with Crippen LogP contribution in [0.5, 0.6) is 5.75 Å². The summed E-state index contributed by atoms with van der Waals surface area (Å²) >= 11 is 0. The zero-order valence-electron chi connectivity index (χ0n) is 24.0. The molecule has 1 saturated carbocycles. The molecule has 2 aliphatic rings. The first-order chi connectivity index (χ1) is 19.9. The number of hydrogen-bond donors (Lipinski definition) is 3. The highest BCUT2D eigenvalue weighted by Gasteiger charge is 2.49. The Kier molecular flexibility index (Phi) is 8.70. The van der Waals surface area contributed by atoms with Crippen molar-refractivity contribution in [3.05, 3.63) is 36.7 Å².